The molecule has 3 heteroatoms. The highest BCUT2D eigenvalue weighted by molar-refractivity contribution is 5.92. The minimum absolute atomic E-state index is 0.0788. The summed E-state index contributed by atoms with van der Waals surface area (Å²) in [6, 6.07) is 18.6. The summed E-state index contributed by atoms with van der Waals surface area (Å²) in [6.07, 6.45) is 0.908. The zero-order chi connectivity index (χ0) is 14.8. The van der Waals surface area contributed by atoms with Crippen LogP contribution in [0.15, 0.2) is 54.6 Å². The Morgan fingerprint density at radius 3 is 2.48 bits per heavy atom. The maximum atomic E-state index is 12.3. The van der Waals surface area contributed by atoms with Gasteiger partial charge < -0.3 is 10.2 Å². The summed E-state index contributed by atoms with van der Waals surface area (Å²) in [5.74, 6) is 0.0788. The number of nitrogens with one attached hydrogen (secondary N) is 1. The SMILES string of the molecule is CC(=O)N(c1ccccc1)[C@@H]1C[C@H](C)Nc2ccccc21. The lowest BCUT2D eigenvalue weighted by Gasteiger charge is -2.38. The molecule has 2 aromatic rings. The summed E-state index contributed by atoms with van der Waals surface area (Å²) in [5, 5.41) is 3.50. The molecule has 2 aromatic carbocycles. The Balaban J connectivity index is 2.06. The average Bonchev–Trinajstić information content (AvgIpc) is 2.48. The third-order valence-electron chi connectivity index (χ3n) is 3.98. The van der Waals surface area contributed by atoms with E-state index in [-0.39, 0.29) is 11.9 Å². The number of para-hydroxylation sites is 2. The molecule has 3 rings (SSSR count). The van der Waals surface area contributed by atoms with Crippen molar-refractivity contribution in [2.45, 2.75) is 32.4 Å². The molecule has 21 heavy (non-hydrogen) atoms. The van der Waals surface area contributed by atoms with Gasteiger partial charge in [0.25, 0.3) is 0 Å². The number of benzene rings is 2. The summed E-state index contributed by atoms with van der Waals surface area (Å²) >= 11 is 0. The highest BCUT2D eigenvalue weighted by Gasteiger charge is 2.31. The van der Waals surface area contributed by atoms with Gasteiger partial charge in [0.1, 0.15) is 0 Å². The third kappa shape index (κ3) is 2.64. The van der Waals surface area contributed by atoms with Gasteiger partial charge in [-0.2, -0.15) is 0 Å². The Bertz CT molecular complexity index is 639. The van der Waals surface area contributed by atoms with Gasteiger partial charge in [-0.15, -0.1) is 0 Å². The molecular formula is C18H20N2O. The summed E-state index contributed by atoms with van der Waals surface area (Å²) in [5.41, 5.74) is 3.27. The average molecular weight is 280 g/mol. The molecule has 0 radical (unpaired) electrons. The largest absolute Gasteiger partial charge is 0.382 e. The standard InChI is InChI=1S/C18H20N2O/c1-13-12-18(16-10-6-7-11-17(16)19-13)20(14(2)21)15-8-4-3-5-9-15/h3-11,13,18-19H,12H2,1-2H3/t13-,18+/m0/s1. The number of anilines is 2. The Morgan fingerprint density at radius 2 is 1.76 bits per heavy atom. The van der Waals surface area contributed by atoms with Gasteiger partial charge in [0.2, 0.25) is 5.91 Å². The number of hydrogen-bond donors (Lipinski definition) is 1. The van der Waals surface area contributed by atoms with Crippen molar-refractivity contribution in [3.63, 3.8) is 0 Å². The van der Waals surface area contributed by atoms with E-state index in [9.17, 15) is 4.79 Å². The van der Waals surface area contributed by atoms with Crippen LogP contribution >= 0.6 is 0 Å². The first-order valence-electron chi connectivity index (χ1n) is 7.37. The second kappa shape index (κ2) is 5.60. The van der Waals surface area contributed by atoms with Crippen LogP contribution in [-0.4, -0.2) is 11.9 Å². The van der Waals surface area contributed by atoms with Crippen molar-refractivity contribution in [2.24, 2.45) is 0 Å². The number of carbonyl (C=O) groups excluding carboxylic acids is 1. The van der Waals surface area contributed by atoms with Crippen LogP contribution in [-0.2, 0) is 4.79 Å². The molecule has 1 aliphatic heterocycles. The topological polar surface area (TPSA) is 32.3 Å². The minimum Gasteiger partial charge on any atom is -0.382 e. The van der Waals surface area contributed by atoms with E-state index in [1.807, 2.05) is 47.4 Å². The summed E-state index contributed by atoms with van der Waals surface area (Å²) in [4.78, 5) is 14.2. The minimum atomic E-state index is 0.0788. The molecule has 0 saturated heterocycles. The molecule has 0 unspecified atom stereocenters. The fourth-order valence-electron chi connectivity index (χ4n) is 3.12. The van der Waals surface area contributed by atoms with Crippen molar-refractivity contribution < 1.29 is 4.79 Å². The molecule has 1 amide bonds. The van der Waals surface area contributed by atoms with Gasteiger partial charge in [-0.3, -0.25) is 4.79 Å². The van der Waals surface area contributed by atoms with Crippen LogP contribution in [0.25, 0.3) is 0 Å². The lowest BCUT2D eigenvalue weighted by molar-refractivity contribution is -0.117. The summed E-state index contributed by atoms with van der Waals surface area (Å²) in [6.45, 7) is 3.80. The first kappa shape index (κ1) is 13.7. The van der Waals surface area contributed by atoms with Crippen molar-refractivity contribution in [3.8, 4) is 0 Å². The van der Waals surface area contributed by atoms with E-state index in [1.165, 1.54) is 5.56 Å². The van der Waals surface area contributed by atoms with Gasteiger partial charge in [-0.1, -0.05) is 36.4 Å². The highest BCUT2D eigenvalue weighted by Crippen LogP contribution is 2.38. The highest BCUT2D eigenvalue weighted by atomic mass is 16.2. The molecule has 3 nitrogen and oxygen atoms in total. The van der Waals surface area contributed by atoms with Gasteiger partial charge >= 0.3 is 0 Å². The van der Waals surface area contributed by atoms with Crippen LogP contribution in [0.2, 0.25) is 0 Å². The number of hydrogen-bond acceptors (Lipinski definition) is 2. The zero-order valence-corrected chi connectivity index (χ0v) is 12.4. The predicted octanol–water partition coefficient (Wildman–Crippen LogP) is 3.98. The van der Waals surface area contributed by atoms with Crippen molar-refractivity contribution in [3.05, 3.63) is 60.2 Å². The molecule has 1 heterocycles. The molecule has 0 saturated carbocycles. The van der Waals surface area contributed by atoms with E-state index in [2.05, 4.69) is 24.4 Å². The lowest BCUT2D eigenvalue weighted by Crippen LogP contribution is -2.39. The van der Waals surface area contributed by atoms with Gasteiger partial charge in [0.15, 0.2) is 0 Å². The Hall–Kier alpha value is -2.29. The van der Waals surface area contributed by atoms with Crippen LogP contribution in [0.5, 0.6) is 0 Å². The third-order valence-corrected chi connectivity index (χ3v) is 3.98. The van der Waals surface area contributed by atoms with E-state index < -0.39 is 0 Å². The predicted molar refractivity (Wildman–Crippen MR) is 86.5 cm³/mol. The number of rotatable bonds is 2. The zero-order valence-electron chi connectivity index (χ0n) is 12.4. The van der Waals surface area contributed by atoms with Crippen LogP contribution < -0.4 is 10.2 Å². The van der Waals surface area contributed by atoms with Gasteiger partial charge in [0.05, 0.1) is 6.04 Å². The molecule has 0 aromatic heterocycles. The van der Waals surface area contributed by atoms with Crippen LogP contribution in [0, 0.1) is 0 Å². The van der Waals surface area contributed by atoms with E-state index >= 15 is 0 Å². The molecule has 0 spiro atoms. The van der Waals surface area contributed by atoms with E-state index in [0.29, 0.717) is 6.04 Å². The van der Waals surface area contributed by atoms with Crippen LogP contribution in [0.3, 0.4) is 0 Å². The van der Waals surface area contributed by atoms with E-state index in [1.54, 1.807) is 6.92 Å². The fourth-order valence-corrected chi connectivity index (χ4v) is 3.12. The Kier molecular flexibility index (Phi) is 3.65. The van der Waals surface area contributed by atoms with Gasteiger partial charge in [0, 0.05) is 24.3 Å². The first-order chi connectivity index (χ1) is 10.2. The molecule has 2 atom stereocenters. The van der Waals surface area contributed by atoms with Gasteiger partial charge in [-0.25, -0.2) is 0 Å². The molecule has 1 N–H and O–H groups in total. The normalized spacial score (nSPS) is 20.3. The molecule has 1 aliphatic rings. The second-order valence-corrected chi connectivity index (χ2v) is 5.61. The Labute approximate surface area is 125 Å². The van der Waals surface area contributed by atoms with Crippen LogP contribution in [0.1, 0.15) is 31.9 Å². The van der Waals surface area contributed by atoms with Crippen molar-refractivity contribution in [2.75, 3.05) is 10.2 Å². The Morgan fingerprint density at radius 1 is 1.10 bits per heavy atom. The second-order valence-electron chi connectivity index (χ2n) is 5.61. The molecule has 0 fully saturated rings. The molecule has 0 aliphatic carbocycles. The molecular weight excluding hydrogens is 260 g/mol. The van der Waals surface area contributed by atoms with Crippen molar-refractivity contribution in [1.29, 1.82) is 0 Å². The number of fused-ring (bicyclic) bond motifs is 1. The summed E-state index contributed by atoms with van der Waals surface area (Å²) < 4.78 is 0. The molecule has 108 valence electrons. The maximum absolute atomic E-state index is 12.3. The van der Waals surface area contributed by atoms with E-state index in [0.717, 1.165) is 17.8 Å². The van der Waals surface area contributed by atoms with Gasteiger partial charge in [-0.05, 0) is 37.1 Å². The maximum Gasteiger partial charge on any atom is 0.224 e. The monoisotopic (exact) mass is 280 g/mol. The smallest absolute Gasteiger partial charge is 0.224 e. The molecule has 0 bridgehead atoms. The number of carbonyl (C=O) groups is 1. The van der Waals surface area contributed by atoms with Crippen LogP contribution in [0.4, 0.5) is 11.4 Å². The van der Waals surface area contributed by atoms with Crippen molar-refractivity contribution >= 4 is 17.3 Å². The lowest BCUT2D eigenvalue weighted by atomic mass is 9.92. The van der Waals surface area contributed by atoms with Crippen molar-refractivity contribution in [1.82, 2.24) is 0 Å². The quantitative estimate of drug-likeness (QED) is 0.902. The fraction of sp³-hybridized carbons (Fsp3) is 0.278. The number of nitrogens with zero attached hydrogens (tertiary/aromatic N) is 1. The summed E-state index contributed by atoms with van der Waals surface area (Å²) in [7, 11) is 0. The van der Waals surface area contributed by atoms with E-state index in [4.69, 9.17) is 0 Å². The first-order valence-corrected chi connectivity index (χ1v) is 7.37. The number of amides is 1.